The van der Waals surface area contributed by atoms with E-state index in [1.54, 1.807) is 18.2 Å². The van der Waals surface area contributed by atoms with Gasteiger partial charge in [-0.15, -0.1) is 0 Å². The molecule has 1 unspecified atom stereocenters. The van der Waals surface area contributed by atoms with Crippen LogP contribution in [0.25, 0.3) is 11.1 Å². The Morgan fingerprint density at radius 3 is 2.13 bits per heavy atom. The summed E-state index contributed by atoms with van der Waals surface area (Å²) in [7, 11) is -3.56. The highest BCUT2D eigenvalue weighted by Crippen LogP contribution is 2.41. The van der Waals surface area contributed by atoms with E-state index in [0.717, 1.165) is 24.2 Å². The topological polar surface area (TPSA) is 75.3 Å². The van der Waals surface area contributed by atoms with Crippen LogP contribution in [0.2, 0.25) is 0 Å². The summed E-state index contributed by atoms with van der Waals surface area (Å²) >= 11 is 0. The lowest BCUT2D eigenvalue weighted by Crippen LogP contribution is -2.49. The summed E-state index contributed by atoms with van der Waals surface area (Å²) in [6.07, 6.45) is 3.22. The summed E-state index contributed by atoms with van der Waals surface area (Å²) in [6, 6.07) is 18.4. The van der Waals surface area contributed by atoms with Crippen LogP contribution < -0.4 is 4.74 Å². The van der Waals surface area contributed by atoms with Crippen LogP contribution in [0, 0.1) is 13.8 Å². The van der Waals surface area contributed by atoms with Gasteiger partial charge in [0.25, 0.3) is 0 Å². The molecule has 162 valence electrons. The lowest BCUT2D eigenvalue weighted by atomic mass is 10.0. The molecule has 0 saturated carbocycles. The van der Waals surface area contributed by atoms with Crippen LogP contribution in [0.3, 0.4) is 0 Å². The number of aromatic nitrogens is 2. The van der Waals surface area contributed by atoms with Gasteiger partial charge in [0, 0.05) is 24.9 Å². The maximum Gasteiger partial charge on any atom is 0.247 e. The minimum absolute atomic E-state index is 0.0222. The molecule has 3 atom stereocenters. The number of ether oxygens (including phenoxy) is 1. The Morgan fingerprint density at radius 2 is 1.55 bits per heavy atom. The van der Waals surface area contributed by atoms with E-state index in [0.29, 0.717) is 29.1 Å². The van der Waals surface area contributed by atoms with Gasteiger partial charge in [0.05, 0.1) is 11.4 Å². The minimum Gasteiger partial charge on any atom is -0.490 e. The predicted octanol–water partition coefficient (Wildman–Crippen LogP) is 4.46. The quantitative estimate of drug-likeness (QED) is 0.640. The van der Waals surface area contributed by atoms with Crippen molar-refractivity contribution in [1.82, 2.24) is 14.5 Å². The molecular formula is C24H27N3O3S. The van der Waals surface area contributed by atoms with Crippen LogP contribution >= 0.6 is 0 Å². The third kappa shape index (κ3) is 3.66. The van der Waals surface area contributed by atoms with E-state index in [2.05, 4.69) is 34.5 Å². The zero-order chi connectivity index (χ0) is 21.6. The van der Waals surface area contributed by atoms with Crippen LogP contribution in [0.15, 0.2) is 59.5 Å². The maximum absolute atomic E-state index is 13.4. The van der Waals surface area contributed by atoms with Crippen LogP contribution in [-0.2, 0) is 10.0 Å². The van der Waals surface area contributed by atoms with Gasteiger partial charge in [-0.3, -0.25) is 5.10 Å². The summed E-state index contributed by atoms with van der Waals surface area (Å²) in [4.78, 5) is 0.334. The van der Waals surface area contributed by atoms with Crippen LogP contribution in [0.4, 0.5) is 0 Å². The molecule has 0 spiro atoms. The van der Waals surface area contributed by atoms with E-state index >= 15 is 0 Å². The summed E-state index contributed by atoms with van der Waals surface area (Å²) < 4.78 is 34.8. The van der Waals surface area contributed by atoms with Crippen molar-refractivity contribution < 1.29 is 13.2 Å². The summed E-state index contributed by atoms with van der Waals surface area (Å²) in [5.74, 6) is 0.835. The molecule has 2 saturated heterocycles. The van der Waals surface area contributed by atoms with E-state index in [-0.39, 0.29) is 18.2 Å². The van der Waals surface area contributed by atoms with Gasteiger partial charge in [-0.05, 0) is 49.9 Å². The lowest BCUT2D eigenvalue weighted by Gasteiger charge is -2.37. The molecule has 3 aromatic rings. The van der Waals surface area contributed by atoms with Crippen molar-refractivity contribution in [2.24, 2.45) is 0 Å². The number of H-pyrrole nitrogens is 1. The van der Waals surface area contributed by atoms with Gasteiger partial charge in [0.1, 0.15) is 16.7 Å². The van der Waals surface area contributed by atoms with Crippen molar-refractivity contribution in [3.63, 3.8) is 0 Å². The number of hydrogen-bond acceptors (Lipinski definition) is 4. The molecule has 1 aromatic heterocycles. The molecule has 3 heterocycles. The fourth-order valence-corrected chi connectivity index (χ4v) is 7.38. The first-order valence-electron chi connectivity index (χ1n) is 10.8. The monoisotopic (exact) mass is 437 g/mol. The van der Waals surface area contributed by atoms with Crippen molar-refractivity contribution >= 4 is 10.0 Å². The Morgan fingerprint density at radius 1 is 0.935 bits per heavy atom. The smallest absolute Gasteiger partial charge is 0.247 e. The molecule has 2 bridgehead atoms. The molecule has 31 heavy (non-hydrogen) atoms. The molecule has 7 heteroatoms. The molecule has 2 aromatic carbocycles. The molecule has 0 amide bonds. The standard InChI is InChI=1S/C24H27N3O3S/c1-16-24(17(2)26-25-16)31(28,29)27-20-10-11-21(27)15-23(14-20)30-22-12-8-19(9-13-22)18-6-4-3-5-7-18/h3-9,12-13,20-21,23H,10-11,14-15H2,1-2H3,(H,25,26)/t20-,21+,23?. The average molecular weight is 438 g/mol. The van der Waals surface area contributed by atoms with Gasteiger partial charge >= 0.3 is 0 Å². The highest BCUT2D eigenvalue weighted by Gasteiger charge is 2.48. The van der Waals surface area contributed by atoms with Gasteiger partial charge in [0.15, 0.2) is 0 Å². The second-order valence-electron chi connectivity index (χ2n) is 8.58. The van der Waals surface area contributed by atoms with E-state index in [1.807, 2.05) is 30.3 Å². The Hall–Kier alpha value is -2.64. The number of aryl methyl sites for hydroxylation is 2. The van der Waals surface area contributed by atoms with Gasteiger partial charge in [0.2, 0.25) is 10.0 Å². The van der Waals surface area contributed by atoms with Crippen LogP contribution in [0.5, 0.6) is 5.75 Å². The zero-order valence-corrected chi connectivity index (χ0v) is 18.6. The number of benzene rings is 2. The number of fused-ring (bicyclic) bond motifs is 2. The van der Waals surface area contributed by atoms with Crippen molar-refractivity contribution in [2.75, 3.05) is 0 Å². The first kappa shape index (κ1) is 20.3. The van der Waals surface area contributed by atoms with E-state index in [1.165, 1.54) is 5.56 Å². The number of hydrogen-bond donors (Lipinski definition) is 1. The molecular weight excluding hydrogens is 410 g/mol. The maximum atomic E-state index is 13.4. The number of piperidine rings is 1. The van der Waals surface area contributed by atoms with Gasteiger partial charge in [-0.2, -0.15) is 9.40 Å². The zero-order valence-electron chi connectivity index (χ0n) is 17.8. The predicted molar refractivity (Wildman–Crippen MR) is 119 cm³/mol. The van der Waals surface area contributed by atoms with Crippen LogP contribution in [0.1, 0.15) is 37.1 Å². The molecule has 0 radical (unpaired) electrons. The highest BCUT2D eigenvalue weighted by molar-refractivity contribution is 7.89. The van der Waals surface area contributed by atoms with Gasteiger partial charge in [-0.1, -0.05) is 42.5 Å². The summed E-state index contributed by atoms with van der Waals surface area (Å²) in [5, 5.41) is 6.90. The molecule has 0 aliphatic carbocycles. The third-order valence-electron chi connectivity index (χ3n) is 6.48. The first-order valence-corrected chi connectivity index (χ1v) is 12.2. The molecule has 6 nitrogen and oxygen atoms in total. The fourth-order valence-electron chi connectivity index (χ4n) is 5.15. The number of aromatic amines is 1. The van der Waals surface area contributed by atoms with Crippen molar-refractivity contribution in [1.29, 1.82) is 0 Å². The Balaban J connectivity index is 1.30. The van der Waals surface area contributed by atoms with Crippen molar-refractivity contribution in [2.45, 2.75) is 62.6 Å². The lowest BCUT2D eigenvalue weighted by molar-refractivity contribution is 0.0956. The highest BCUT2D eigenvalue weighted by atomic mass is 32.2. The minimum atomic E-state index is -3.56. The Kier molecular flexibility index (Phi) is 5.10. The summed E-state index contributed by atoms with van der Waals surface area (Å²) in [5.41, 5.74) is 3.47. The van der Waals surface area contributed by atoms with E-state index in [4.69, 9.17) is 4.74 Å². The molecule has 5 rings (SSSR count). The number of nitrogens with one attached hydrogen (secondary N) is 1. The average Bonchev–Trinajstić information content (AvgIpc) is 3.26. The van der Waals surface area contributed by atoms with Crippen molar-refractivity contribution in [3.05, 3.63) is 66.0 Å². The SMILES string of the molecule is Cc1n[nH]c(C)c1S(=O)(=O)N1[C@@H]2CC[C@H]1CC(Oc1ccc(-c3ccccc3)cc1)C2. The summed E-state index contributed by atoms with van der Waals surface area (Å²) in [6.45, 7) is 3.51. The molecule has 2 aliphatic rings. The van der Waals surface area contributed by atoms with Gasteiger partial charge in [-0.25, -0.2) is 8.42 Å². The fraction of sp³-hybridized carbons (Fsp3) is 0.375. The van der Waals surface area contributed by atoms with Crippen molar-refractivity contribution in [3.8, 4) is 16.9 Å². The Bertz CT molecular complexity index is 1140. The normalized spacial score (nSPS) is 23.7. The van der Waals surface area contributed by atoms with E-state index in [9.17, 15) is 8.42 Å². The second-order valence-corrected chi connectivity index (χ2v) is 10.4. The third-order valence-corrected chi connectivity index (χ3v) is 8.75. The molecule has 1 N–H and O–H groups in total. The number of rotatable bonds is 5. The second kappa shape index (κ2) is 7.80. The van der Waals surface area contributed by atoms with Gasteiger partial charge < -0.3 is 4.74 Å². The van der Waals surface area contributed by atoms with E-state index < -0.39 is 10.0 Å². The number of sulfonamides is 1. The molecule has 2 aliphatic heterocycles. The number of nitrogens with zero attached hydrogens (tertiary/aromatic N) is 2. The van der Waals surface area contributed by atoms with Crippen LogP contribution in [-0.4, -0.2) is 41.1 Å². The Labute approximate surface area is 183 Å². The first-order chi connectivity index (χ1) is 14.9. The molecule has 2 fully saturated rings. The largest absolute Gasteiger partial charge is 0.490 e.